The van der Waals surface area contributed by atoms with Gasteiger partial charge in [0.05, 0.1) is 6.20 Å². The van der Waals surface area contributed by atoms with Gasteiger partial charge in [-0.2, -0.15) is 8.78 Å². The number of hydrogen-bond acceptors (Lipinski definition) is 4. The van der Waals surface area contributed by atoms with Crippen LogP contribution in [0, 0.1) is 0 Å². The molecule has 0 aliphatic rings. The lowest BCUT2D eigenvalue weighted by Gasteiger charge is -2.05. The van der Waals surface area contributed by atoms with Crippen LogP contribution in [0.1, 0.15) is 0 Å². The fraction of sp³-hybridized carbons (Fsp3) is 0.167. The van der Waals surface area contributed by atoms with Crippen LogP contribution in [-0.2, 0) is 0 Å². The van der Waals surface area contributed by atoms with E-state index < -0.39 is 6.61 Å². The zero-order chi connectivity index (χ0) is 9.84. The lowest BCUT2D eigenvalue weighted by Crippen LogP contribution is -2.13. The van der Waals surface area contributed by atoms with E-state index in [1.54, 1.807) is 0 Å². The minimum atomic E-state index is -2.89. The first-order valence-corrected chi connectivity index (χ1v) is 4.95. The van der Waals surface area contributed by atoms with Crippen molar-refractivity contribution in [3.05, 3.63) is 28.7 Å². The van der Waals surface area contributed by atoms with Gasteiger partial charge in [0.15, 0.2) is 0 Å². The smallest absolute Gasteiger partial charge is 0.387 e. The van der Waals surface area contributed by atoms with Gasteiger partial charge in [-0.1, -0.05) is 11.7 Å². The van der Waals surface area contributed by atoms with Gasteiger partial charge < -0.3 is 4.74 Å². The zero-order valence-corrected chi connectivity index (χ0v) is 7.90. The zero-order valence-electron chi connectivity index (χ0n) is 6.18. The molecule has 0 bridgehead atoms. The Hall–Kier alpha value is -0.690. The summed E-state index contributed by atoms with van der Waals surface area (Å²) in [6.45, 7) is -2.89. The predicted octanol–water partition coefficient (Wildman–Crippen LogP) is 1.79. The third kappa shape index (κ3) is 2.92. The molecule has 1 aromatic rings. The molecule has 7 heteroatoms. The third-order valence-electron chi connectivity index (χ3n) is 1.17. The van der Waals surface area contributed by atoms with Gasteiger partial charge in [-0.15, -0.1) is 0 Å². The van der Waals surface area contributed by atoms with E-state index in [0.717, 1.165) is 27.2 Å². The standard InChI is InChI=1S/C6H5F2NO2S2/c7-6(8)11-4-1-2-5(10)9(3-4)13-12/h1-3,6,12H. The van der Waals surface area contributed by atoms with Crippen molar-refractivity contribution < 1.29 is 13.5 Å². The molecule has 1 aromatic heterocycles. The van der Waals surface area contributed by atoms with E-state index in [1.165, 1.54) is 6.07 Å². The molecule has 3 nitrogen and oxygen atoms in total. The lowest BCUT2D eigenvalue weighted by atomic mass is 10.5. The molecule has 0 unspecified atom stereocenters. The summed E-state index contributed by atoms with van der Waals surface area (Å²) in [6, 6.07) is 2.30. The van der Waals surface area contributed by atoms with Crippen molar-refractivity contribution in [2.75, 3.05) is 0 Å². The fourth-order valence-corrected chi connectivity index (χ4v) is 1.36. The normalized spacial score (nSPS) is 10.5. The van der Waals surface area contributed by atoms with E-state index in [-0.39, 0.29) is 11.3 Å². The molecule has 0 aliphatic heterocycles. The van der Waals surface area contributed by atoms with Gasteiger partial charge in [-0.3, -0.25) is 4.79 Å². The highest BCUT2D eigenvalue weighted by Gasteiger charge is 2.05. The van der Waals surface area contributed by atoms with Gasteiger partial charge in [0, 0.05) is 17.0 Å². The Kier molecular flexibility index (Phi) is 3.61. The van der Waals surface area contributed by atoms with E-state index in [4.69, 9.17) is 0 Å². The Morgan fingerprint density at radius 3 is 2.77 bits per heavy atom. The van der Waals surface area contributed by atoms with Gasteiger partial charge in [-0.25, -0.2) is 3.97 Å². The minimum Gasteiger partial charge on any atom is -0.433 e. The second-order valence-electron chi connectivity index (χ2n) is 1.99. The molecule has 0 radical (unpaired) electrons. The van der Waals surface area contributed by atoms with E-state index in [0.29, 0.717) is 0 Å². The summed E-state index contributed by atoms with van der Waals surface area (Å²) in [7, 11) is 0.810. The van der Waals surface area contributed by atoms with Crippen molar-refractivity contribution in [1.29, 1.82) is 0 Å². The summed E-state index contributed by atoms with van der Waals surface area (Å²) >= 11 is 3.75. The molecule has 0 fully saturated rings. The summed E-state index contributed by atoms with van der Waals surface area (Å²) in [4.78, 5) is 10.9. The maximum atomic E-state index is 11.7. The van der Waals surface area contributed by atoms with Crippen LogP contribution in [0.15, 0.2) is 23.1 Å². The highest BCUT2D eigenvalue weighted by atomic mass is 33.1. The molecule has 0 saturated heterocycles. The maximum absolute atomic E-state index is 11.7. The Balaban J connectivity index is 2.93. The lowest BCUT2D eigenvalue weighted by molar-refractivity contribution is -0.0501. The average Bonchev–Trinajstić information content (AvgIpc) is 2.07. The second kappa shape index (κ2) is 4.52. The van der Waals surface area contributed by atoms with Crippen molar-refractivity contribution in [2.24, 2.45) is 0 Å². The summed E-state index contributed by atoms with van der Waals surface area (Å²) in [6.07, 6.45) is 1.14. The first-order valence-electron chi connectivity index (χ1n) is 3.13. The maximum Gasteiger partial charge on any atom is 0.387 e. The molecular weight excluding hydrogens is 220 g/mol. The Labute approximate surface area is 81.6 Å². The first-order chi connectivity index (χ1) is 6.13. The van der Waals surface area contributed by atoms with Crippen molar-refractivity contribution in [2.45, 2.75) is 6.61 Å². The first kappa shape index (κ1) is 10.4. The van der Waals surface area contributed by atoms with Crippen LogP contribution >= 0.6 is 22.6 Å². The number of thiol groups is 1. The number of rotatable bonds is 3. The van der Waals surface area contributed by atoms with Crippen LogP contribution in [0.2, 0.25) is 0 Å². The highest BCUT2D eigenvalue weighted by molar-refractivity contribution is 8.67. The topological polar surface area (TPSA) is 31.2 Å². The van der Waals surface area contributed by atoms with Gasteiger partial charge in [0.2, 0.25) is 0 Å². The quantitative estimate of drug-likeness (QED) is 0.628. The minimum absolute atomic E-state index is 0.0730. The third-order valence-corrected chi connectivity index (χ3v) is 2.15. The SMILES string of the molecule is O=c1ccc(OC(F)F)cn1SS. The number of alkyl halides is 2. The van der Waals surface area contributed by atoms with Gasteiger partial charge in [0.1, 0.15) is 5.75 Å². The summed E-state index contributed by atoms with van der Waals surface area (Å²) in [5, 5.41) is 0. The van der Waals surface area contributed by atoms with E-state index in [1.807, 2.05) is 0 Å². The Morgan fingerprint density at radius 2 is 2.23 bits per heavy atom. The van der Waals surface area contributed by atoms with E-state index >= 15 is 0 Å². The summed E-state index contributed by atoms with van der Waals surface area (Å²) in [5.74, 6) is -0.0730. The van der Waals surface area contributed by atoms with Crippen LogP contribution in [0.5, 0.6) is 5.75 Å². The molecule has 0 N–H and O–H groups in total. The van der Waals surface area contributed by atoms with E-state index in [2.05, 4.69) is 16.4 Å². The van der Waals surface area contributed by atoms with Gasteiger partial charge in [-0.05, 0) is 6.07 Å². The van der Waals surface area contributed by atoms with Crippen molar-refractivity contribution >= 4 is 22.6 Å². The van der Waals surface area contributed by atoms with E-state index in [9.17, 15) is 13.6 Å². The molecular formula is C6H5F2NO2S2. The van der Waals surface area contributed by atoms with Crippen molar-refractivity contribution in [1.82, 2.24) is 3.97 Å². The number of hydrogen-bond donors (Lipinski definition) is 1. The Bertz CT molecular complexity index is 342. The molecule has 1 heterocycles. The summed E-state index contributed by atoms with van der Waals surface area (Å²) < 4.78 is 28.6. The van der Waals surface area contributed by atoms with Crippen LogP contribution in [0.4, 0.5) is 8.78 Å². The Morgan fingerprint density at radius 1 is 1.54 bits per heavy atom. The van der Waals surface area contributed by atoms with Crippen LogP contribution in [0.3, 0.4) is 0 Å². The largest absolute Gasteiger partial charge is 0.433 e. The number of pyridine rings is 1. The molecule has 0 amide bonds. The fourth-order valence-electron chi connectivity index (χ4n) is 0.685. The van der Waals surface area contributed by atoms with Gasteiger partial charge >= 0.3 is 6.61 Å². The highest BCUT2D eigenvalue weighted by Crippen LogP contribution is 2.15. The molecule has 13 heavy (non-hydrogen) atoms. The molecule has 0 aromatic carbocycles. The number of aromatic nitrogens is 1. The van der Waals surface area contributed by atoms with Crippen molar-refractivity contribution in [3.8, 4) is 5.75 Å². The monoisotopic (exact) mass is 225 g/mol. The molecule has 0 spiro atoms. The molecule has 0 aliphatic carbocycles. The molecule has 1 rings (SSSR count). The molecule has 0 saturated carbocycles. The predicted molar refractivity (Wildman–Crippen MR) is 49.3 cm³/mol. The number of ether oxygens (including phenoxy) is 1. The average molecular weight is 225 g/mol. The number of halogens is 2. The molecule has 72 valence electrons. The van der Waals surface area contributed by atoms with Crippen molar-refractivity contribution in [3.63, 3.8) is 0 Å². The second-order valence-corrected chi connectivity index (χ2v) is 3.04. The van der Waals surface area contributed by atoms with Crippen LogP contribution in [0.25, 0.3) is 0 Å². The van der Waals surface area contributed by atoms with Crippen LogP contribution in [-0.4, -0.2) is 10.6 Å². The number of nitrogens with zero attached hydrogens (tertiary/aromatic N) is 1. The van der Waals surface area contributed by atoms with Crippen LogP contribution < -0.4 is 10.3 Å². The molecule has 0 atom stereocenters. The summed E-state index contributed by atoms with van der Waals surface area (Å²) in [5.41, 5.74) is -0.346. The van der Waals surface area contributed by atoms with Gasteiger partial charge in [0.25, 0.3) is 5.56 Å².